The quantitative estimate of drug-likeness (QED) is 0.927. The van der Waals surface area contributed by atoms with Crippen molar-refractivity contribution >= 4 is 21.4 Å². The molecule has 0 saturated carbocycles. The highest BCUT2D eigenvalue weighted by molar-refractivity contribution is 7.91. The van der Waals surface area contributed by atoms with E-state index in [4.69, 9.17) is 4.74 Å². The highest BCUT2D eigenvalue weighted by Crippen LogP contribution is 2.31. The van der Waals surface area contributed by atoms with Crippen LogP contribution in [0, 0.1) is 0 Å². The van der Waals surface area contributed by atoms with Gasteiger partial charge in [0.15, 0.2) is 0 Å². The summed E-state index contributed by atoms with van der Waals surface area (Å²) in [6, 6.07) is 10.8. The first-order valence-corrected chi connectivity index (χ1v) is 9.35. The van der Waals surface area contributed by atoms with Gasteiger partial charge in [0.1, 0.15) is 9.96 Å². The van der Waals surface area contributed by atoms with Crippen LogP contribution in [-0.4, -0.2) is 39.5 Å². The lowest BCUT2D eigenvalue weighted by molar-refractivity contribution is 0.272. The lowest BCUT2D eigenvalue weighted by Crippen LogP contribution is -2.48. The molecule has 1 aliphatic heterocycles. The Morgan fingerprint density at radius 1 is 1.27 bits per heavy atom. The van der Waals surface area contributed by atoms with Crippen molar-refractivity contribution in [2.45, 2.75) is 10.3 Å². The Kier molecular flexibility index (Phi) is 4.49. The summed E-state index contributed by atoms with van der Waals surface area (Å²) >= 11 is 1.26. The van der Waals surface area contributed by atoms with Gasteiger partial charge < -0.3 is 10.1 Å². The summed E-state index contributed by atoms with van der Waals surface area (Å²) < 4.78 is 32.8. The highest BCUT2D eigenvalue weighted by atomic mass is 32.2. The number of hydrogen-bond donors (Lipinski definition) is 1. The third-order valence-corrected chi connectivity index (χ3v) is 7.03. The molecule has 0 amide bonds. The van der Waals surface area contributed by atoms with Gasteiger partial charge in [-0.25, -0.2) is 8.42 Å². The van der Waals surface area contributed by atoms with Crippen LogP contribution in [0.5, 0.6) is 5.75 Å². The molecule has 3 rings (SSSR count). The maximum atomic E-state index is 12.8. The van der Waals surface area contributed by atoms with E-state index in [-0.39, 0.29) is 6.04 Å². The number of benzene rings is 1. The van der Waals surface area contributed by atoms with Gasteiger partial charge in [-0.1, -0.05) is 18.2 Å². The Balaban J connectivity index is 1.94. The zero-order valence-corrected chi connectivity index (χ0v) is 13.9. The highest BCUT2D eigenvalue weighted by Gasteiger charge is 2.34. The molecule has 5 nitrogen and oxygen atoms in total. The average Bonchev–Trinajstić information content (AvgIpc) is 3.10. The van der Waals surface area contributed by atoms with Crippen LogP contribution >= 0.6 is 11.3 Å². The molecular formula is C15H18N2O3S2. The minimum Gasteiger partial charge on any atom is -0.497 e. The van der Waals surface area contributed by atoms with Crippen LogP contribution in [0.15, 0.2) is 46.0 Å². The third kappa shape index (κ3) is 2.89. The Hall–Kier alpha value is -1.41. The van der Waals surface area contributed by atoms with Crippen molar-refractivity contribution < 1.29 is 13.2 Å². The van der Waals surface area contributed by atoms with Crippen molar-refractivity contribution in [1.82, 2.24) is 9.62 Å². The van der Waals surface area contributed by atoms with Gasteiger partial charge in [0, 0.05) is 19.6 Å². The fraction of sp³-hybridized carbons (Fsp3) is 0.333. The lowest BCUT2D eigenvalue weighted by Gasteiger charge is -2.35. The molecule has 22 heavy (non-hydrogen) atoms. The molecule has 0 radical (unpaired) electrons. The van der Waals surface area contributed by atoms with Crippen molar-refractivity contribution in [3.8, 4) is 5.75 Å². The molecular weight excluding hydrogens is 320 g/mol. The zero-order chi connectivity index (χ0) is 15.6. The van der Waals surface area contributed by atoms with E-state index in [1.54, 1.807) is 28.9 Å². The summed E-state index contributed by atoms with van der Waals surface area (Å²) in [5, 5.41) is 5.06. The number of rotatable bonds is 4. The summed E-state index contributed by atoms with van der Waals surface area (Å²) in [4.78, 5) is 0. The van der Waals surface area contributed by atoms with E-state index in [0.29, 0.717) is 23.8 Å². The Morgan fingerprint density at radius 2 is 2.05 bits per heavy atom. The maximum absolute atomic E-state index is 12.8. The average molecular weight is 338 g/mol. The molecule has 0 bridgehead atoms. The van der Waals surface area contributed by atoms with E-state index in [9.17, 15) is 8.42 Å². The first-order valence-electron chi connectivity index (χ1n) is 7.03. The van der Waals surface area contributed by atoms with Crippen molar-refractivity contribution in [2.24, 2.45) is 0 Å². The van der Waals surface area contributed by atoms with Crippen LogP contribution in [0.25, 0.3) is 0 Å². The smallest absolute Gasteiger partial charge is 0.253 e. The summed E-state index contributed by atoms with van der Waals surface area (Å²) in [6.07, 6.45) is 0. The number of ether oxygens (including phenoxy) is 1. The summed E-state index contributed by atoms with van der Waals surface area (Å²) in [7, 11) is -1.84. The molecule has 1 saturated heterocycles. The summed E-state index contributed by atoms with van der Waals surface area (Å²) in [5.74, 6) is 0.764. The van der Waals surface area contributed by atoms with Gasteiger partial charge in [0.25, 0.3) is 10.0 Å². The van der Waals surface area contributed by atoms with Crippen molar-refractivity contribution in [3.63, 3.8) is 0 Å². The SMILES string of the molecule is COc1ccc([C@@H]2CNCCN2S(=O)(=O)c2cccs2)cc1. The largest absolute Gasteiger partial charge is 0.497 e. The van der Waals surface area contributed by atoms with Crippen molar-refractivity contribution in [2.75, 3.05) is 26.7 Å². The van der Waals surface area contributed by atoms with Crippen LogP contribution in [0.3, 0.4) is 0 Å². The molecule has 1 atom stereocenters. The van der Waals surface area contributed by atoms with Gasteiger partial charge in [0.2, 0.25) is 0 Å². The first kappa shape index (κ1) is 15.5. The molecule has 1 aliphatic rings. The van der Waals surface area contributed by atoms with Crippen LogP contribution < -0.4 is 10.1 Å². The Labute approximate surface area is 134 Å². The molecule has 2 aromatic rings. The second-order valence-corrected chi connectivity index (χ2v) is 8.11. The number of methoxy groups -OCH3 is 1. The fourth-order valence-corrected chi connectivity index (χ4v) is 5.34. The monoisotopic (exact) mass is 338 g/mol. The van der Waals surface area contributed by atoms with Gasteiger partial charge in [-0.05, 0) is 29.1 Å². The van der Waals surface area contributed by atoms with Crippen molar-refractivity contribution in [3.05, 3.63) is 47.3 Å². The number of piperazine rings is 1. The molecule has 0 unspecified atom stereocenters. The van der Waals surface area contributed by atoms with Gasteiger partial charge in [0.05, 0.1) is 13.2 Å². The maximum Gasteiger partial charge on any atom is 0.253 e. The van der Waals surface area contributed by atoms with E-state index in [1.165, 1.54) is 11.3 Å². The van der Waals surface area contributed by atoms with Gasteiger partial charge in [-0.2, -0.15) is 4.31 Å². The molecule has 7 heteroatoms. The number of hydrogen-bond acceptors (Lipinski definition) is 5. The Bertz CT molecular complexity index is 712. The van der Waals surface area contributed by atoms with Gasteiger partial charge in [-0.3, -0.25) is 0 Å². The summed E-state index contributed by atoms with van der Waals surface area (Å²) in [5.41, 5.74) is 0.966. The first-order chi connectivity index (χ1) is 10.6. The van der Waals surface area contributed by atoms with E-state index in [2.05, 4.69) is 5.32 Å². The molecule has 118 valence electrons. The predicted octanol–water partition coefficient (Wildman–Crippen LogP) is 2.09. The van der Waals surface area contributed by atoms with Gasteiger partial charge in [-0.15, -0.1) is 11.3 Å². The van der Waals surface area contributed by atoms with Crippen LogP contribution in [0.2, 0.25) is 0 Å². The number of nitrogens with zero attached hydrogens (tertiary/aromatic N) is 1. The molecule has 1 N–H and O–H groups in total. The van der Waals surface area contributed by atoms with Crippen LogP contribution in [-0.2, 0) is 10.0 Å². The van der Waals surface area contributed by atoms with E-state index in [0.717, 1.165) is 11.3 Å². The molecule has 2 heterocycles. The van der Waals surface area contributed by atoms with Crippen molar-refractivity contribution in [1.29, 1.82) is 0 Å². The molecule has 0 aliphatic carbocycles. The van der Waals surface area contributed by atoms with E-state index >= 15 is 0 Å². The molecule has 1 aromatic carbocycles. The summed E-state index contributed by atoms with van der Waals surface area (Å²) in [6.45, 7) is 1.74. The number of nitrogens with one attached hydrogen (secondary N) is 1. The van der Waals surface area contributed by atoms with Crippen LogP contribution in [0.4, 0.5) is 0 Å². The predicted molar refractivity (Wildman–Crippen MR) is 86.8 cm³/mol. The molecule has 1 fully saturated rings. The molecule has 1 aromatic heterocycles. The van der Waals surface area contributed by atoms with Gasteiger partial charge >= 0.3 is 0 Å². The standard InChI is InChI=1S/C15H18N2O3S2/c1-20-13-6-4-12(5-7-13)14-11-16-8-9-17(14)22(18,19)15-3-2-10-21-15/h2-7,10,14,16H,8-9,11H2,1H3/t14-/m0/s1. The second-order valence-electron chi connectivity index (χ2n) is 5.04. The van der Waals surface area contributed by atoms with Crippen LogP contribution in [0.1, 0.15) is 11.6 Å². The second kappa shape index (κ2) is 6.37. The minimum absolute atomic E-state index is 0.202. The normalized spacial score (nSPS) is 20.0. The Morgan fingerprint density at radius 3 is 2.68 bits per heavy atom. The van der Waals surface area contributed by atoms with E-state index in [1.807, 2.05) is 24.3 Å². The topological polar surface area (TPSA) is 58.6 Å². The number of sulfonamides is 1. The number of thiophene rings is 1. The van der Waals surface area contributed by atoms with E-state index < -0.39 is 10.0 Å². The molecule has 0 spiro atoms. The minimum atomic E-state index is -3.45. The third-order valence-electron chi connectivity index (χ3n) is 3.75. The lowest BCUT2D eigenvalue weighted by atomic mass is 10.1. The zero-order valence-electron chi connectivity index (χ0n) is 12.2. The fourth-order valence-electron chi connectivity index (χ4n) is 2.61.